The fourth-order valence-corrected chi connectivity index (χ4v) is 1.15. The Balaban J connectivity index is 3.44. The lowest BCUT2D eigenvalue weighted by Gasteiger charge is -2.09. The largest absolute Gasteiger partial charge is 0.423 e. The van der Waals surface area contributed by atoms with Crippen molar-refractivity contribution in [2.75, 3.05) is 5.32 Å². The van der Waals surface area contributed by atoms with Gasteiger partial charge < -0.3 is 5.32 Å². The number of para-hydroxylation sites is 1. The van der Waals surface area contributed by atoms with E-state index in [1.54, 1.807) is 0 Å². The van der Waals surface area contributed by atoms with Gasteiger partial charge in [-0.15, -0.1) is 0 Å². The highest BCUT2D eigenvalue weighted by Crippen LogP contribution is 2.39. The molecule has 1 rings (SSSR count). The van der Waals surface area contributed by atoms with Gasteiger partial charge in [0, 0.05) is 0 Å². The lowest BCUT2D eigenvalue weighted by Crippen LogP contribution is -2.11. The number of alkyl halides is 3. The summed E-state index contributed by atoms with van der Waals surface area (Å²) in [6.45, 7) is 0. The van der Waals surface area contributed by atoms with Crippen LogP contribution in [0.3, 0.4) is 0 Å². The Kier molecular flexibility index (Phi) is 3.11. The zero-order chi connectivity index (χ0) is 12.3. The van der Waals surface area contributed by atoms with Crippen molar-refractivity contribution in [1.82, 2.24) is 0 Å². The number of carbonyl (C=O) groups is 1. The molecule has 0 saturated carbocycles. The van der Waals surface area contributed by atoms with Gasteiger partial charge in [-0.2, -0.15) is 13.2 Å². The van der Waals surface area contributed by atoms with Gasteiger partial charge in [0.1, 0.15) is 11.3 Å². The highest BCUT2D eigenvalue weighted by Gasteiger charge is 2.39. The predicted molar refractivity (Wildman–Crippen MR) is 47.8 cm³/mol. The summed E-state index contributed by atoms with van der Waals surface area (Å²) in [4.78, 5) is 19.4. The van der Waals surface area contributed by atoms with E-state index in [0.29, 0.717) is 6.07 Å². The number of nitro benzene ring substituents is 1. The number of benzene rings is 1. The average Bonchev–Trinajstić information content (AvgIpc) is 2.16. The van der Waals surface area contributed by atoms with Crippen molar-refractivity contribution in [2.24, 2.45) is 0 Å². The number of nitro groups is 1. The molecule has 0 saturated heterocycles. The summed E-state index contributed by atoms with van der Waals surface area (Å²) in [5, 5.41) is 12.4. The summed E-state index contributed by atoms with van der Waals surface area (Å²) in [6.07, 6.45) is -4.77. The molecule has 8 heteroatoms. The monoisotopic (exact) mass is 234 g/mol. The van der Waals surface area contributed by atoms with Crippen molar-refractivity contribution in [2.45, 2.75) is 6.18 Å². The fourth-order valence-electron chi connectivity index (χ4n) is 1.15. The molecule has 0 aliphatic rings. The molecule has 0 radical (unpaired) electrons. The number of halogens is 3. The van der Waals surface area contributed by atoms with Gasteiger partial charge in [0.15, 0.2) is 0 Å². The van der Waals surface area contributed by atoms with Crippen LogP contribution in [-0.2, 0) is 11.0 Å². The second kappa shape index (κ2) is 4.17. The number of hydrogen-bond donors (Lipinski definition) is 1. The molecule has 0 aromatic heterocycles. The molecule has 1 aromatic carbocycles. The van der Waals surface area contributed by atoms with E-state index in [-0.39, 0.29) is 6.41 Å². The highest BCUT2D eigenvalue weighted by molar-refractivity contribution is 5.79. The molecule has 0 aliphatic carbocycles. The van der Waals surface area contributed by atoms with Crippen molar-refractivity contribution < 1.29 is 22.9 Å². The number of carbonyl (C=O) groups excluding carboxylic acids is 1. The molecule has 0 heterocycles. The van der Waals surface area contributed by atoms with E-state index in [0.717, 1.165) is 12.1 Å². The topological polar surface area (TPSA) is 72.2 Å². The first kappa shape index (κ1) is 12.0. The number of amides is 1. The minimum atomic E-state index is -4.84. The van der Waals surface area contributed by atoms with Crippen molar-refractivity contribution in [3.63, 3.8) is 0 Å². The second-order valence-corrected chi connectivity index (χ2v) is 2.72. The van der Waals surface area contributed by atoms with Gasteiger partial charge >= 0.3 is 11.9 Å². The molecule has 0 spiro atoms. The normalized spacial score (nSPS) is 10.9. The van der Waals surface area contributed by atoms with E-state index in [1.165, 1.54) is 0 Å². The first-order valence-corrected chi connectivity index (χ1v) is 3.92. The molecule has 0 aliphatic heterocycles. The van der Waals surface area contributed by atoms with Crippen LogP contribution in [0.2, 0.25) is 0 Å². The summed E-state index contributed by atoms with van der Waals surface area (Å²) in [6, 6.07) is 2.57. The van der Waals surface area contributed by atoms with Gasteiger partial charge in [0.25, 0.3) is 0 Å². The Morgan fingerprint density at radius 1 is 1.38 bits per heavy atom. The molecule has 5 nitrogen and oxygen atoms in total. The average molecular weight is 234 g/mol. The molecule has 86 valence electrons. The van der Waals surface area contributed by atoms with E-state index < -0.39 is 28.0 Å². The summed E-state index contributed by atoms with van der Waals surface area (Å²) < 4.78 is 37.2. The number of nitrogens with one attached hydrogen (secondary N) is 1. The highest BCUT2D eigenvalue weighted by atomic mass is 19.4. The number of rotatable bonds is 3. The molecular formula is C8H5F3N2O3. The van der Waals surface area contributed by atoms with Crippen molar-refractivity contribution in [3.05, 3.63) is 33.9 Å². The third-order valence-electron chi connectivity index (χ3n) is 1.74. The van der Waals surface area contributed by atoms with E-state index in [9.17, 15) is 28.1 Å². The summed E-state index contributed by atoms with van der Waals surface area (Å²) >= 11 is 0. The molecule has 0 fully saturated rings. The van der Waals surface area contributed by atoms with E-state index in [4.69, 9.17) is 0 Å². The first-order valence-electron chi connectivity index (χ1n) is 3.92. The molecule has 0 unspecified atom stereocenters. The summed E-state index contributed by atoms with van der Waals surface area (Å²) in [5.41, 5.74) is -3.05. The minimum absolute atomic E-state index is 0.0719. The Morgan fingerprint density at radius 3 is 2.44 bits per heavy atom. The van der Waals surface area contributed by atoms with E-state index >= 15 is 0 Å². The second-order valence-electron chi connectivity index (χ2n) is 2.72. The SMILES string of the molecule is O=CNc1cccc(C(F)(F)F)c1[N+](=O)[O-]. The summed E-state index contributed by atoms with van der Waals surface area (Å²) in [5.74, 6) is 0. The van der Waals surface area contributed by atoms with Crippen LogP contribution >= 0.6 is 0 Å². The van der Waals surface area contributed by atoms with Gasteiger partial charge in [0.05, 0.1) is 4.92 Å². The van der Waals surface area contributed by atoms with Gasteiger partial charge in [-0.1, -0.05) is 6.07 Å². The maximum Gasteiger partial charge on any atom is 0.423 e. The van der Waals surface area contributed by atoms with Crippen LogP contribution in [0.25, 0.3) is 0 Å². The predicted octanol–water partition coefficient (Wildman–Crippen LogP) is 2.18. The number of hydrogen-bond acceptors (Lipinski definition) is 3. The molecule has 0 atom stereocenters. The molecule has 16 heavy (non-hydrogen) atoms. The number of anilines is 1. The Bertz CT molecular complexity index is 431. The quantitative estimate of drug-likeness (QED) is 0.495. The zero-order valence-corrected chi connectivity index (χ0v) is 7.62. The Labute approximate surface area is 87.0 Å². The van der Waals surface area contributed by atoms with Crippen LogP contribution in [0.1, 0.15) is 5.56 Å². The van der Waals surface area contributed by atoms with Crippen LogP contribution in [0, 0.1) is 10.1 Å². The molecule has 0 bridgehead atoms. The van der Waals surface area contributed by atoms with Crippen molar-refractivity contribution in [1.29, 1.82) is 0 Å². The van der Waals surface area contributed by atoms with Gasteiger partial charge in [-0.3, -0.25) is 14.9 Å². The number of nitrogens with zero attached hydrogens (tertiary/aromatic N) is 1. The van der Waals surface area contributed by atoms with Gasteiger partial charge in [-0.25, -0.2) is 0 Å². The van der Waals surface area contributed by atoms with Crippen LogP contribution in [0.15, 0.2) is 18.2 Å². The van der Waals surface area contributed by atoms with Gasteiger partial charge in [-0.05, 0) is 12.1 Å². The molecule has 1 amide bonds. The van der Waals surface area contributed by atoms with Crippen LogP contribution in [0.4, 0.5) is 24.5 Å². The van der Waals surface area contributed by atoms with Gasteiger partial charge in [0.2, 0.25) is 6.41 Å². The minimum Gasteiger partial charge on any atom is -0.323 e. The maximum atomic E-state index is 12.4. The third kappa shape index (κ3) is 2.27. The summed E-state index contributed by atoms with van der Waals surface area (Å²) in [7, 11) is 0. The molecule has 1 aromatic rings. The Morgan fingerprint density at radius 2 is 2.00 bits per heavy atom. The first-order chi connectivity index (χ1) is 7.38. The van der Waals surface area contributed by atoms with Crippen LogP contribution in [-0.4, -0.2) is 11.3 Å². The smallest absolute Gasteiger partial charge is 0.323 e. The van der Waals surface area contributed by atoms with Crippen molar-refractivity contribution >= 4 is 17.8 Å². The zero-order valence-electron chi connectivity index (χ0n) is 7.62. The van der Waals surface area contributed by atoms with Crippen molar-refractivity contribution in [3.8, 4) is 0 Å². The van der Waals surface area contributed by atoms with E-state index in [2.05, 4.69) is 0 Å². The van der Waals surface area contributed by atoms with E-state index in [1.807, 2.05) is 5.32 Å². The standard InChI is InChI=1S/C8H5F3N2O3/c9-8(10,11)5-2-1-3-6(12-4-14)7(5)13(15)16/h1-4H,(H,12,14). The van der Waals surface area contributed by atoms with Crippen LogP contribution in [0.5, 0.6) is 0 Å². The lowest BCUT2D eigenvalue weighted by molar-refractivity contribution is -0.387. The maximum absolute atomic E-state index is 12.4. The molecular weight excluding hydrogens is 229 g/mol. The third-order valence-corrected chi connectivity index (χ3v) is 1.74. The Hall–Kier alpha value is -2.12. The fraction of sp³-hybridized carbons (Fsp3) is 0.125. The molecule has 1 N–H and O–H groups in total. The van der Waals surface area contributed by atoms with Crippen LogP contribution < -0.4 is 5.32 Å². The lowest BCUT2D eigenvalue weighted by atomic mass is 10.1.